The Labute approximate surface area is 122 Å². The van der Waals surface area contributed by atoms with Crippen molar-refractivity contribution < 1.29 is 9.59 Å². The van der Waals surface area contributed by atoms with Crippen molar-refractivity contribution in [3.63, 3.8) is 0 Å². The Morgan fingerprint density at radius 3 is 2.20 bits per heavy atom. The second kappa shape index (κ2) is 8.12. The lowest BCUT2D eigenvalue weighted by molar-refractivity contribution is -0.126. The van der Waals surface area contributed by atoms with Crippen molar-refractivity contribution in [2.24, 2.45) is 11.8 Å². The van der Waals surface area contributed by atoms with Gasteiger partial charge in [-0.1, -0.05) is 26.7 Å². The lowest BCUT2D eigenvalue weighted by Gasteiger charge is -2.33. The van der Waals surface area contributed by atoms with Gasteiger partial charge in [0.2, 0.25) is 5.91 Å². The van der Waals surface area contributed by atoms with Gasteiger partial charge in [0, 0.05) is 39.6 Å². The van der Waals surface area contributed by atoms with E-state index in [4.69, 9.17) is 0 Å². The van der Waals surface area contributed by atoms with Crippen LogP contribution in [0.25, 0.3) is 0 Å². The number of nitrogens with one attached hydrogen (secondary N) is 1. The van der Waals surface area contributed by atoms with Crippen LogP contribution < -0.4 is 5.32 Å². The van der Waals surface area contributed by atoms with Gasteiger partial charge in [0.1, 0.15) is 0 Å². The predicted molar refractivity (Wildman–Crippen MR) is 80.5 cm³/mol. The van der Waals surface area contributed by atoms with E-state index in [1.807, 2.05) is 4.90 Å². The quantitative estimate of drug-likeness (QED) is 0.838. The third-order valence-corrected chi connectivity index (χ3v) is 4.24. The topological polar surface area (TPSA) is 52.7 Å². The average molecular weight is 283 g/mol. The Bertz CT molecular complexity index is 319. The first-order chi connectivity index (χ1) is 9.49. The molecule has 0 atom stereocenters. The van der Waals surface area contributed by atoms with Gasteiger partial charge in [-0.15, -0.1) is 0 Å². The molecule has 1 fully saturated rings. The number of amides is 3. The minimum atomic E-state index is 0.0425. The Morgan fingerprint density at radius 2 is 1.75 bits per heavy atom. The molecule has 20 heavy (non-hydrogen) atoms. The lowest BCUT2D eigenvalue weighted by Crippen LogP contribution is -2.46. The van der Waals surface area contributed by atoms with Crippen LogP contribution in [0, 0.1) is 11.8 Å². The summed E-state index contributed by atoms with van der Waals surface area (Å²) in [6.45, 7) is 6.46. The number of carbonyl (C=O) groups excluding carboxylic acids is 2. The van der Waals surface area contributed by atoms with Crippen LogP contribution in [0.2, 0.25) is 0 Å². The molecule has 5 heteroatoms. The molecule has 0 aromatic heterocycles. The van der Waals surface area contributed by atoms with E-state index in [0.29, 0.717) is 19.0 Å². The first kappa shape index (κ1) is 16.8. The summed E-state index contributed by atoms with van der Waals surface area (Å²) < 4.78 is 0. The molecule has 1 N–H and O–H groups in total. The zero-order valence-corrected chi connectivity index (χ0v) is 13.3. The molecule has 0 aromatic carbocycles. The number of carbonyl (C=O) groups is 2. The molecular formula is C15H29N3O2. The summed E-state index contributed by atoms with van der Waals surface area (Å²) >= 11 is 0. The fourth-order valence-electron chi connectivity index (χ4n) is 2.58. The van der Waals surface area contributed by atoms with E-state index >= 15 is 0 Å². The molecule has 0 spiro atoms. The minimum Gasteiger partial charge on any atom is -0.356 e. The van der Waals surface area contributed by atoms with Crippen LogP contribution in [0.5, 0.6) is 0 Å². The number of urea groups is 1. The van der Waals surface area contributed by atoms with Crippen molar-refractivity contribution in [1.29, 1.82) is 0 Å². The number of nitrogens with zero attached hydrogens (tertiary/aromatic N) is 2. The predicted octanol–water partition coefficient (Wildman–Crippen LogP) is 1.93. The van der Waals surface area contributed by atoms with Crippen LogP contribution in [-0.4, -0.2) is 55.5 Å². The van der Waals surface area contributed by atoms with E-state index in [-0.39, 0.29) is 17.9 Å². The van der Waals surface area contributed by atoms with Gasteiger partial charge in [-0.2, -0.15) is 0 Å². The highest BCUT2D eigenvalue weighted by Crippen LogP contribution is 2.18. The van der Waals surface area contributed by atoms with Gasteiger partial charge < -0.3 is 15.1 Å². The van der Waals surface area contributed by atoms with Gasteiger partial charge in [-0.3, -0.25) is 4.79 Å². The highest BCUT2D eigenvalue weighted by molar-refractivity contribution is 5.79. The largest absolute Gasteiger partial charge is 0.356 e. The second-order valence-electron chi connectivity index (χ2n) is 5.87. The molecular weight excluding hydrogens is 254 g/mol. The maximum atomic E-state index is 12.1. The van der Waals surface area contributed by atoms with Crippen molar-refractivity contribution in [2.45, 2.75) is 39.5 Å². The van der Waals surface area contributed by atoms with Gasteiger partial charge in [-0.05, 0) is 18.8 Å². The lowest BCUT2D eigenvalue weighted by atomic mass is 9.95. The fourth-order valence-corrected chi connectivity index (χ4v) is 2.58. The molecule has 0 aliphatic carbocycles. The molecule has 0 radical (unpaired) electrons. The second-order valence-corrected chi connectivity index (χ2v) is 5.87. The Morgan fingerprint density at radius 1 is 1.20 bits per heavy atom. The van der Waals surface area contributed by atoms with Crippen molar-refractivity contribution in [1.82, 2.24) is 15.1 Å². The van der Waals surface area contributed by atoms with Crippen molar-refractivity contribution in [3.05, 3.63) is 0 Å². The third-order valence-electron chi connectivity index (χ3n) is 4.24. The number of likely N-dealkylation sites (tertiary alicyclic amines) is 1. The summed E-state index contributed by atoms with van der Waals surface area (Å²) in [5.41, 5.74) is 0. The molecule has 0 aromatic rings. The summed E-state index contributed by atoms with van der Waals surface area (Å²) in [4.78, 5) is 27.4. The monoisotopic (exact) mass is 283 g/mol. The maximum Gasteiger partial charge on any atom is 0.319 e. The summed E-state index contributed by atoms with van der Waals surface area (Å²) in [6, 6.07) is 0.0425. The van der Waals surface area contributed by atoms with Crippen LogP contribution in [0.4, 0.5) is 4.79 Å². The summed E-state index contributed by atoms with van der Waals surface area (Å²) in [7, 11) is 3.52. The van der Waals surface area contributed by atoms with Crippen molar-refractivity contribution in [2.75, 3.05) is 33.7 Å². The smallest absolute Gasteiger partial charge is 0.319 e. The number of hydrogen-bond acceptors (Lipinski definition) is 2. The SMILES string of the molecule is CCC(CC)CNC(=O)C1CCN(C(=O)N(C)C)CC1. The zero-order chi connectivity index (χ0) is 15.1. The standard InChI is InChI=1S/C15H29N3O2/c1-5-12(6-2)11-16-14(19)13-7-9-18(10-8-13)15(20)17(3)4/h12-13H,5-11H2,1-4H3,(H,16,19). The van der Waals surface area contributed by atoms with Crippen molar-refractivity contribution in [3.8, 4) is 0 Å². The Kier molecular flexibility index (Phi) is 6.82. The molecule has 1 saturated heterocycles. The molecule has 1 heterocycles. The van der Waals surface area contributed by atoms with Gasteiger partial charge in [0.05, 0.1) is 0 Å². The summed E-state index contributed by atoms with van der Waals surface area (Å²) in [5.74, 6) is 0.804. The van der Waals surface area contributed by atoms with Crippen LogP contribution in [0.1, 0.15) is 39.5 Å². The molecule has 0 unspecified atom stereocenters. The highest BCUT2D eigenvalue weighted by Gasteiger charge is 2.27. The molecule has 5 nitrogen and oxygen atoms in total. The number of rotatable bonds is 5. The fraction of sp³-hybridized carbons (Fsp3) is 0.867. The Balaban J connectivity index is 2.34. The van der Waals surface area contributed by atoms with Crippen LogP contribution >= 0.6 is 0 Å². The first-order valence-electron chi connectivity index (χ1n) is 7.73. The van der Waals surface area contributed by atoms with Gasteiger partial charge in [0.15, 0.2) is 0 Å². The molecule has 0 saturated carbocycles. The van der Waals surface area contributed by atoms with E-state index in [2.05, 4.69) is 19.2 Å². The van der Waals surface area contributed by atoms with E-state index < -0.39 is 0 Å². The zero-order valence-electron chi connectivity index (χ0n) is 13.3. The average Bonchev–Trinajstić information content (AvgIpc) is 2.47. The maximum absolute atomic E-state index is 12.1. The first-order valence-corrected chi connectivity index (χ1v) is 7.73. The number of hydrogen-bond donors (Lipinski definition) is 1. The third kappa shape index (κ3) is 4.69. The normalized spacial score (nSPS) is 16.4. The van der Waals surface area contributed by atoms with Gasteiger partial charge in [-0.25, -0.2) is 4.79 Å². The summed E-state index contributed by atoms with van der Waals surface area (Å²) in [5, 5.41) is 3.07. The highest BCUT2D eigenvalue weighted by atomic mass is 16.2. The van der Waals surface area contributed by atoms with E-state index in [0.717, 1.165) is 32.2 Å². The molecule has 3 amide bonds. The van der Waals surface area contributed by atoms with Crippen LogP contribution in [0.3, 0.4) is 0 Å². The molecule has 0 bridgehead atoms. The number of piperidine rings is 1. The van der Waals surface area contributed by atoms with Crippen LogP contribution in [-0.2, 0) is 4.79 Å². The van der Waals surface area contributed by atoms with E-state index in [1.165, 1.54) is 0 Å². The molecule has 1 aliphatic heterocycles. The van der Waals surface area contributed by atoms with E-state index in [9.17, 15) is 9.59 Å². The molecule has 1 rings (SSSR count). The minimum absolute atomic E-state index is 0.0425. The van der Waals surface area contributed by atoms with Crippen LogP contribution in [0.15, 0.2) is 0 Å². The molecule has 116 valence electrons. The Hall–Kier alpha value is -1.26. The van der Waals surface area contributed by atoms with Crippen molar-refractivity contribution >= 4 is 11.9 Å². The van der Waals surface area contributed by atoms with E-state index in [1.54, 1.807) is 19.0 Å². The van der Waals surface area contributed by atoms with Gasteiger partial charge in [0.25, 0.3) is 0 Å². The molecule has 1 aliphatic rings. The van der Waals surface area contributed by atoms with Gasteiger partial charge >= 0.3 is 6.03 Å². The summed E-state index contributed by atoms with van der Waals surface area (Å²) in [6.07, 6.45) is 3.75.